The van der Waals surface area contributed by atoms with E-state index in [9.17, 15) is 0 Å². The first-order valence-electron chi connectivity index (χ1n) is 10.3. The van der Waals surface area contributed by atoms with Gasteiger partial charge in [0.15, 0.2) is 0 Å². The van der Waals surface area contributed by atoms with Gasteiger partial charge in [0.1, 0.15) is 11.4 Å². The van der Waals surface area contributed by atoms with E-state index in [-0.39, 0.29) is 5.60 Å². The molecule has 1 saturated carbocycles. The van der Waals surface area contributed by atoms with Gasteiger partial charge in [-0.1, -0.05) is 55.0 Å². The zero-order valence-corrected chi connectivity index (χ0v) is 16.0. The van der Waals surface area contributed by atoms with Crippen molar-refractivity contribution in [3.8, 4) is 5.75 Å². The van der Waals surface area contributed by atoms with Crippen molar-refractivity contribution >= 4 is 0 Å². The van der Waals surface area contributed by atoms with E-state index in [1.54, 1.807) is 0 Å². The minimum Gasteiger partial charge on any atom is -0.486 e. The molecule has 1 aliphatic carbocycles. The number of nitrogens with zero attached hydrogens (tertiary/aromatic N) is 1. The van der Waals surface area contributed by atoms with Crippen molar-refractivity contribution in [3.63, 3.8) is 0 Å². The molecule has 2 aromatic rings. The number of likely N-dealkylation sites (N-methyl/N-ethyl adjacent to an activating group) is 1. The summed E-state index contributed by atoms with van der Waals surface area (Å²) < 4.78 is 6.59. The monoisotopic (exact) mass is 349 g/mol. The van der Waals surface area contributed by atoms with E-state index < -0.39 is 0 Å². The molecular formula is C24H31NO. The van der Waals surface area contributed by atoms with Crippen LogP contribution in [0.3, 0.4) is 0 Å². The van der Waals surface area contributed by atoms with Gasteiger partial charge in [0.25, 0.3) is 0 Å². The van der Waals surface area contributed by atoms with Gasteiger partial charge in [-0.2, -0.15) is 0 Å². The average Bonchev–Trinajstić information content (AvgIpc) is 3.01. The summed E-state index contributed by atoms with van der Waals surface area (Å²) in [6.45, 7) is 2.28. The van der Waals surface area contributed by atoms with Gasteiger partial charge < -0.3 is 9.64 Å². The molecule has 1 aliphatic heterocycles. The van der Waals surface area contributed by atoms with Crippen molar-refractivity contribution in [3.05, 3.63) is 65.7 Å². The van der Waals surface area contributed by atoms with E-state index in [2.05, 4.69) is 66.5 Å². The second kappa shape index (κ2) is 7.84. The minimum absolute atomic E-state index is 0.0716. The van der Waals surface area contributed by atoms with Gasteiger partial charge in [-0.05, 0) is 63.7 Å². The standard InChI is InChI=1S/C24H31NO/c1-25(19-15-20-10-3-2-4-11-20)18-9-17-24-16-8-7-13-22(24)21-12-5-6-14-23(21)26-24/h2-6,10-12,14,22H,7-9,13,15-19H2,1H3/t22-,24+/m1/s1. The number of benzene rings is 2. The van der Waals surface area contributed by atoms with Crippen LogP contribution in [0.1, 0.15) is 55.6 Å². The topological polar surface area (TPSA) is 12.5 Å². The molecule has 0 bridgehead atoms. The fraction of sp³-hybridized carbons (Fsp3) is 0.500. The lowest BCUT2D eigenvalue weighted by Gasteiger charge is -2.39. The molecule has 0 aromatic heterocycles. The first kappa shape index (κ1) is 17.6. The summed E-state index contributed by atoms with van der Waals surface area (Å²) in [6, 6.07) is 19.5. The van der Waals surface area contributed by atoms with Gasteiger partial charge in [-0.25, -0.2) is 0 Å². The summed E-state index contributed by atoms with van der Waals surface area (Å²) >= 11 is 0. The molecule has 2 nitrogen and oxygen atoms in total. The maximum Gasteiger partial charge on any atom is 0.123 e. The highest BCUT2D eigenvalue weighted by Crippen LogP contribution is 2.53. The Hall–Kier alpha value is -1.80. The van der Waals surface area contributed by atoms with Crippen molar-refractivity contribution in [2.24, 2.45) is 0 Å². The number of ether oxygens (including phenoxy) is 1. The van der Waals surface area contributed by atoms with E-state index in [4.69, 9.17) is 4.74 Å². The molecule has 1 heterocycles. The van der Waals surface area contributed by atoms with Crippen LogP contribution in [-0.4, -0.2) is 30.6 Å². The van der Waals surface area contributed by atoms with Crippen LogP contribution in [0, 0.1) is 0 Å². The highest BCUT2D eigenvalue weighted by Gasteiger charge is 2.48. The summed E-state index contributed by atoms with van der Waals surface area (Å²) in [5.41, 5.74) is 2.96. The van der Waals surface area contributed by atoms with Crippen LogP contribution in [0.5, 0.6) is 5.75 Å². The van der Waals surface area contributed by atoms with Gasteiger partial charge >= 0.3 is 0 Å². The molecule has 0 amide bonds. The molecule has 2 aromatic carbocycles. The third-order valence-electron chi connectivity index (χ3n) is 6.35. The Kier molecular flexibility index (Phi) is 5.31. The maximum atomic E-state index is 6.59. The Morgan fingerprint density at radius 1 is 1.00 bits per heavy atom. The number of hydrogen-bond acceptors (Lipinski definition) is 2. The lowest BCUT2D eigenvalue weighted by atomic mass is 9.71. The second-order valence-corrected chi connectivity index (χ2v) is 8.15. The fourth-order valence-corrected chi connectivity index (χ4v) is 4.93. The van der Waals surface area contributed by atoms with E-state index in [1.807, 2.05) is 0 Å². The highest BCUT2D eigenvalue weighted by molar-refractivity contribution is 5.43. The molecule has 2 heteroatoms. The normalized spacial score (nSPS) is 24.2. The van der Waals surface area contributed by atoms with Crippen molar-refractivity contribution < 1.29 is 4.74 Å². The average molecular weight is 350 g/mol. The zero-order chi connectivity index (χ0) is 17.8. The highest BCUT2D eigenvalue weighted by atomic mass is 16.5. The zero-order valence-electron chi connectivity index (χ0n) is 16.0. The van der Waals surface area contributed by atoms with Crippen LogP contribution >= 0.6 is 0 Å². The Morgan fingerprint density at radius 3 is 2.69 bits per heavy atom. The van der Waals surface area contributed by atoms with Gasteiger partial charge in [0.2, 0.25) is 0 Å². The van der Waals surface area contributed by atoms with E-state index in [1.165, 1.54) is 49.7 Å². The Bertz CT molecular complexity index is 713. The smallest absolute Gasteiger partial charge is 0.123 e. The number of para-hydroxylation sites is 1. The van der Waals surface area contributed by atoms with Crippen LogP contribution in [0.4, 0.5) is 0 Å². The van der Waals surface area contributed by atoms with Gasteiger partial charge in [0, 0.05) is 18.0 Å². The lowest BCUT2D eigenvalue weighted by molar-refractivity contribution is 0.0235. The first-order valence-corrected chi connectivity index (χ1v) is 10.3. The van der Waals surface area contributed by atoms with Crippen LogP contribution in [0.25, 0.3) is 0 Å². The Balaban J connectivity index is 1.31. The molecule has 0 spiro atoms. The van der Waals surface area contributed by atoms with Gasteiger partial charge in [-0.3, -0.25) is 0 Å². The molecule has 26 heavy (non-hydrogen) atoms. The summed E-state index contributed by atoms with van der Waals surface area (Å²) in [6.07, 6.45) is 8.71. The van der Waals surface area contributed by atoms with Gasteiger partial charge in [0.05, 0.1) is 0 Å². The quantitative estimate of drug-likeness (QED) is 0.661. The van der Waals surface area contributed by atoms with E-state index in [0.29, 0.717) is 5.92 Å². The van der Waals surface area contributed by atoms with Crippen molar-refractivity contribution in [2.75, 3.05) is 20.1 Å². The molecular weight excluding hydrogens is 318 g/mol. The molecule has 0 saturated heterocycles. The predicted molar refractivity (Wildman–Crippen MR) is 108 cm³/mol. The second-order valence-electron chi connectivity index (χ2n) is 8.15. The first-order chi connectivity index (χ1) is 12.8. The summed E-state index contributed by atoms with van der Waals surface area (Å²) in [5.74, 6) is 1.76. The van der Waals surface area contributed by atoms with Crippen LogP contribution < -0.4 is 4.74 Å². The van der Waals surface area contributed by atoms with E-state index >= 15 is 0 Å². The summed E-state index contributed by atoms with van der Waals surface area (Å²) in [7, 11) is 2.25. The molecule has 0 radical (unpaired) electrons. The third-order valence-corrected chi connectivity index (χ3v) is 6.35. The Morgan fingerprint density at radius 2 is 1.81 bits per heavy atom. The van der Waals surface area contributed by atoms with Crippen molar-refractivity contribution in [1.29, 1.82) is 0 Å². The van der Waals surface area contributed by atoms with Crippen LogP contribution in [-0.2, 0) is 6.42 Å². The lowest BCUT2D eigenvalue weighted by Crippen LogP contribution is -2.41. The molecule has 0 unspecified atom stereocenters. The number of fused-ring (bicyclic) bond motifs is 3. The van der Waals surface area contributed by atoms with Crippen molar-refractivity contribution in [2.45, 2.75) is 56.5 Å². The largest absolute Gasteiger partial charge is 0.486 e. The maximum absolute atomic E-state index is 6.59. The summed E-state index contributed by atoms with van der Waals surface area (Å²) in [4.78, 5) is 2.48. The number of rotatable bonds is 7. The summed E-state index contributed by atoms with van der Waals surface area (Å²) in [5, 5.41) is 0. The predicted octanol–water partition coefficient (Wildman–Crippen LogP) is 5.43. The fourth-order valence-electron chi connectivity index (χ4n) is 4.93. The van der Waals surface area contributed by atoms with Crippen LogP contribution in [0.2, 0.25) is 0 Å². The van der Waals surface area contributed by atoms with Crippen LogP contribution in [0.15, 0.2) is 54.6 Å². The molecule has 4 rings (SSSR count). The van der Waals surface area contributed by atoms with Gasteiger partial charge in [-0.15, -0.1) is 0 Å². The SMILES string of the molecule is CN(CCC[C@@]12CCCC[C@@H]1c1ccccc1O2)CCc1ccccc1. The molecule has 138 valence electrons. The van der Waals surface area contributed by atoms with E-state index in [0.717, 1.165) is 25.3 Å². The Labute approximate surface area is 158 Å². The molecule has 2 atom stereocenters. The minimum atomic E-state index is 0.0716. The number of hydrogen-bond donors (Lipinski definition) is 0. The third kappa shape index (κ3) is 3.66. The molecule has 2 aliphatic rings. The van der Waals surface area contributed by atoms with Crippen molar-refractivity contribution in [1.82, 2.24) is 4.90 Å². The molecule has 0 N–H and O–H groups in total. The molecule has 1 fully saturated rings.